The standard InChI is InChI=1S/C13H15NOS/c1-8-5-6-12(9(2)7-8)14-10(3)11(4)16-13(14)15/h5-7H,1-4H3. The van der Waals surface area contributed by atoms with Crippen LogP contribution in [-0.4, -0.2) is 4.57 Å². The van der Waals surface area contributed by atoms with E-state index >= 15 is 0 Å². The van der Waals surface area contributed by atoms with Crippen molar-refractivity contribution in [2.75, 3.05) is 0 Å². The SMILES string of the molecule is Cc1ccc(-n2c(C)c(C)sc2=O)c(C)c1. The molecule has 0 spiro atoms. The topological polar surface area (TPSA) is 22.0 Å². The highest BCUT2D eigenvalue weighted by Crippen LogP contribution is 2.19. The molecule has 0 saturated carbocycles. The smallest absolute Gasteiger partial charge is 0.271 e. The van der Waals surface area contributed by atoms with Gasteiger partial charge in [0.1, 0.15) is 0 Å². The maximum atomic E-state index is 11.9. The molecule has 0 fully saturated rings. The zero-order chi connectivity index (χ0) is 11.9. The third-order valence-corrected chi connectivity index (χ3v) is 3.82. The molecule has 0 N–H and O–H groups in total. The van der Waals surface area contributed by atoms with Gasteiger partial charge in [-0.05, 0) is 39.3 Å². The van der Waals surface area contributed by atoms with Crippen LogP contribution in [0.1, 0.15) is 21.7 Å². The van der Waals surface area contributed by atoms with E-state index in [0.29, 0.717) is 0 Å². The highest BCUT2D eigenvalue weighted by Gasteiger charge is 2.10. The van der Waals surface area contributed by atoms with E-state index in [1.807, 2.05) is 32.9 Å². The van der Waals surface area contributed by atoms with Crippen molar-refractivity contribution in [3.05, 3.63) is 49.6 Å². The van der Waals surface area contributed by atoms with Gasteiger partial charge >= 0.3 is 4.87 Å². The van der Waals surface area contributed by atoms with Gasteiger partial charge in [-0.1, -0.05) is 29.0 Å². The molecule has 0 unspecified atom stereocenters. The molecule has 0 aliphatic heterocycles. The monoisotopic (exact) mass is 233 g/mol. The van der Waals surface area contributed by atoms with Crippen LogP contribution in [0.5, 0.6) is 0 Å². The minimum absolute atomic E-state index is 0.0990. The minimum atomic E-state index is 0.0990. The van der Waals surface area contributed by atoms with E-state index in [4.69, 9.17) is 0 Å². The number of rotatable bonds is 1. The Kier molecular flexibility index (Phi) is 2.72. The molecule has 0 saturated heterocycles. The van der Waals surface area contributed by atoms with Crippen molar-refractivity contribution < 1.29 is 0 Å². The number of nitrogens with zero attached hydrogens (tertiary/aromatic N) is 1. The van der Waals surface area contributed by atoms with Crippen molar-refractivity contribution in [1.82, 2.24) is 4.57 Å². The van der Waals surface area contributed by atoms with Gasteiger partial charge in [0.05, 0.1) is 5.69 Å². The summed E-state index contributed by atoms with van der Waals surface area (Å²) in [6.45, 7) is 8.08. The Balaban J connectivity index is 2.72. The molecule has 2 rings (SSSR count). The Morgan fingerprint density at radius 3 is 2.31 bits per heavy atom. The Bertz CT molecular complexity index is 592. The van der Waals surface area contributed by atoms with Gasteiger partial charge in [0.15, 0.2) is 0 Å². The van der Waals surface area contributed by atoms with Crippen LogP contribution < -0.4 is 4.87 Å². The Morgan fingerprint density at radius 1 is 1.12 bits per heavy atom. The highest BCUT2D eigenvalue weighted by molar-refractivity contribution is 7.09. The lowest BCUT2D eigenvalue weighted by molar-refractivity contribution is 0.959. The van der Waals surface area contributed by atoms with E-state index in [-0.39, 0.29) is 4.87 Å². The van der Waals surface area contributed by atoms with Crippen LogP contribution in [0.3, 0.4) is 0 Å². The highest BCUT2D eigenvalue weighted by atomic mass is 32.1. The van der Waals surface area contributed by atoms with E-state index in [0.717, 1.165) is 21.8 Å². The van der Waals surface area contributed by atoms with Crippen LogP contribution in [-0.2, 0) is 0 Å². The summed E-state index contributed by atoms with van der Waals surface area (Å²) in [4.78, 5) is 13.1. The van der Waals surface area contributed by atoms with Crippen molar-refractivity contribution >= 4 is 11.3 Å². The molecule has 2 aromatic rings. The second-order valence-corrected chi connectivity index (χ2v) is 5.30. The first-order chi connectivity index (χ1) is 7.50. The first-order valence-electron chi connectivity index (χ1n) is 5.27. The van der Waals surface area contributed by atoms with Crippen LogP contribution in [0, 0.1) is 27.7 Å². The van der Waals surface area contributed by atoms with Gasteiger partial charge in [0.25, 0.3) is 0 Å². The molecule has 1 aromatic carbocycles. The van der Waals surface area contributed by atoms with E-state index in [1.165, 1.54) is 16.9 Å². The maximum Gasteiger partial charge on any atom is 0.312 e. The molecule has 84 valence electrons. The number of hydrogen-bond donors (Lipinski definition) is 0. The van der Waals surface area contributed by atoms with Gasteiger partial charge in [-0.25, -0.2) is 0 Å². The molecular formula is C13H15NOS. The zero-order valence-electron chi connectivity index (χ0n) is 10.00. The molecule has 1 heterocycles. The molecule has 0 amide bonds. The summed E-state index contributed by atoms with van der Waals surface area (Å²) < 4.78 is 1.80. The number of aryl methyl sites for hydroxylation is 3. The number of benzene rings is 1. The van der Waals surface area contributed by atoms with Crippen LogP contribution in [0.4, 0.5) is 0 Å². The van der Waals surface area contributed by atoms with Crippen molar-refractivity contribution in [3.8, 4) is 5.69 Å². The van der Waals surface area contributed by atoms with Crippen molar-refractivity contribution in [2.24, 2.45) is 0 Å². The molecule has 0 aliphatic rings. The van der Waals surface area contributed by atoms with Crippen LogP contribution in [0.15, 0.2) is 23.0 Å². The van der Waals surface area contributed by atoms with Gasteiger partial charge in [0.2, 0.25) is 0 Å². The third-order valence-electron chi connectivity index (χ3n) is 2.86. The maximum absolute atomic E-state index is 11.9. The summed E-state index contributed by atoms with van der Waals surface area (Å²) in [6.07, 6.45) is 0. The van der Waals surface area contributed by atoms with Gasteiger partial charge in [-0.15, -0.1) is 0 Å². The van der Waals surface area contributed by atoms with Crippen molar-refractivity contribution in [3.63, 3.8) is 0 Å². The van der Waals surface area contributed by atoms with Gasteiger partial charge in [-0.2, -0.15) is 0 Å². The first kappa shape index (κ1) is 11.1. The zero-order valence-corrected chi connectivity index (χ0v) is 10.8. The Hall–Kier alpha value is -1.35. The summed E-state index contributed by atoms with van der Waals surface area (Å²) in [5.74, 6) is 0. The van der Waals surface area contributed by atoms with Crippen LogP contribution >= 0.6 is 11.3 Å². The fraction of sp³-hybridized carbons (Fsp3) is 0.308. The van der Waals surface area contributed by atoms with E-state index in [9.17, 15) is 4.79 Å². The van der Waals surface area contributed by atoms with Crippen LogP contribution in [0.2, 0.25) is 0 Å². The van der Waals surface area contributed by atoms with Gasteiger partial charge in [-0.3, -0.25) is 9.36 Å². The molecule has 0 aliphatic carbocycles. The lowest BCUT2D eigenvalue weighted by atomic mass is 10.1. The predicted molar refractivity (Wildman–Crippen MR) is 68.9 cm³/mol. The molecular weight excluding hydrogens is 218 g/mol. The first-order valence-corrected chi connectivity index (χ1v) is 6.09. The quantitative estimate of drug-likeness (QED) is 0.741. The van der Waals surface area contributed by atoms with E-state index < -0.39 is 0 Å². The minimum Gasteiger partial charge on any atom is -0.271 e. The Labute approximate surface area is 99.2 Å². The molecule has 3 heteroatoms. The second kappa shape index (κ2) is 3.91. The Morgan fingerprint density at radius 2 is 1.81 bits per heavy atom. The fourth-order valence-electron chi connectivity index (χ4n) is 1.88. The molecule has 16 heavy (non-hydrogen) atoms. The van der Waals surface area contributed by atoms with E-state index in [1.54, 1.807) is 4.57 Å². The second-order valence-electron chi connectivity index (χ2n) is 4.13. The third kappa shape index (κ3) is 1.71. The summed E-state index contributed by atoms with van der Waals surface area (Å²) in [5.41, 5.74) is 4.40. The normalized spacial score (nSPS) is 10.8. The molecule has 0 radical (unpaired) electrons. The van der Waals surface area contributed by atoms with E-state index in [2.05, 4.69) is 13.0 Å². The average Bonchev–Trinajstić information content (AvgIpc) is 2.43. The molecule has 1 aromatic heterocycles. The largest absolute Gasteiger partial charge is 0.312 e. The number of thiazole rings is 1. The number of aromatic nitrogens is 1. The fourth-order valence-corrected chi connectivity index (χ4v) is 2.71. The number of hydrogen-bond acceptors (Lipinski definition) is 2. The van der Waals surface area contributed by atoms with Crippen molar-refractivity contribution in [1.29, 1.82) is 0 Å². The molecule has 0 atom stereocenters. The lowest BCUT2D eigenvalue weighted by Gasteiger charge is -2.09. The van der Waals surface area contributed by atoms with Crippen LogP contribution in [0.25, 0.3) is 5.69 Å². The molecule has 2 nitrogen and oxygen atoms in total. The molecule has 0 bridgehead atoms. The summed E-state index contributed by atoms with van der Waals surface area (Å²) >= 11 is 1.31. The predicted octanol–water partition coefficient (Wildman–Crippen LogP) is 3.13. The van der Waals surface area contributed by atoms with Gasteiger partial charge < -0.3 is 0 Å². The summed E-state index contributed by atoms with van der Waals surface area (Å²) in [7, 11) is 0. The van der Waals surface area contributed by atoms with Gasteiger partial charge in [0, 0.05) is 10.6 Å². The lowest BCUT2D eigenvalue weighted by Crippen LogP contribution is -2.13. The van der Waals surface area contributed by atoms with Crippen molar-refractivity contribution in [2.45, 2.75) is 27.7 Å². The average molecular weight is 233 g/mol. The summed E-state index contributed by atoms with van der Waals surface area (Å²) in [5, 5.41) is 0. The summed E-state index contributed by atoms with van der Waals surface area (Å²) in [6, 6.07) is 6.17.